The summed E-state index contributed by atoms with van der Waals surface area (Å²) in [6.07, 6.45) is 2.85. The fraction of sp³-hybridized carbons (Fsp3) is 0.353. The Labute approximate surface area is 144 Å². The van der Waals surface area contributed by atoms with Crippen molar-refractivity contribution in [3.63, 3.8) is 0 Å². The minimum Gasteiger partial charge on any atom is -0.465 e. The summed E-state index contributed by atoms with van der Waals surface area (Å²) in [7, 11) is 5.06. The zero-order valence-electron chi connectivity index (χ0n) is 14.1. The molecule has 6 nitrogen and oxygen atoms in total. The molecule has 0 aliphatic rings. The molecule has 0 saturated carbocycles. The van der Waals surface area contributed by atoms with Gasteiger partial charge in [-0.3, -0.25) is 0 Å². The van der Waals surface area contributed by atoms with Crippen LogP contribution < -0.4 is 0 Å². The Kier molecular flexibility index (Phi) is 11.1. The van der Waals surface area contributed by atoms with Gasteiger partial charge in [0.1, 0.15) is 6.10 Å². The molecular weight excluding hydrogens is 331 g/mol. The van der Waals surface area contributed by atoms with E-state index in [1.54, 1.807) is 12.1 Å². The lowest BCUT2D eigenvalue weighted by Crippen LogP contribution is -2.16. The van der Waals surface area contributed by atoms with Gasteiger partial charge in [-0.1, -0.05) is 25.6 Å². The topological polar surface area (TPSA) is 78.9 Å². The number of rotatable bonds is 6. The van der Waals surface area contributed by atoms with Gasteiger partial charge in [0.2, 0.25) is 0 Å². The Morgan fingerprint density at radius 3 is 1.88 bits per heavy atom. The van der Waals surface area contributed by atoms with Gasteiger partial charge in [0, 0.05) is 6.08 Å². The molecule has 1 aromatic rings. The van der Waals surface area contributed by atoms with Crippen molar-refractivity contribution in [3.8, 4) is 0 Å². The number of hydrogen-bond donors (Lipinski definition) is 0. The summed E-state index contributed by atoms with van der Waals surface area (Å²) >= 11 is 0. The Bertz CT molecular complexity index is 531. The minimum absolute atomic E-state index is 0.0236. The van der Waals surface area contributed by atoms with Crippen LogP contribution >= 0.6 is 9.24 Å². The standard InChI is InChI=1S/C10H10O4.C7H13O2P/c1-13-9(11)7-5-3-4-6-8(7)10(12)14-2;1-3-6(5-10)9-7(8)4-2/h3-6H,1-2H3;4,6H,2-3,5,10H2,1H3. The van der Waals surface area contributed by atoms with Gasteiger partial charge in [0.15, 0.2) is 0 Å². The van der Waals surface area contributed by atoms with Gasteiger partial charge in [-0.15, -0.1) is 9.24 Å². The van der Waals surface area contributed by atoms with E-state index >= 15 is 0 Å². The predicted molar refractivity (Wildman–Crippen MR) is 94.1 cm³/mol. The molecule has 132 valence electrons. The van der Waals surface area contributed by atoms with E-state index in [0.717, 1.165) is 12.6 Å². The summed E-state index contributed by atoms with van der Waals surface area (Å²) < 4.78 is 14.0. The van der Waals surface area contributed by atoms with Crippen molar-refractivity contribution in [1.82, 2.24) is 0 Å². The number of benzene rings is 1. The van der Waals surface area contributed by atoms with Crippen LogP contribution in [0, 0.1) is 0 Å². The van der Waals surface area contributed by atoms with Crippen molar-refractivity contribution in [1.29, 1.82) is 0 Å². The maximum absolute atomic E-state index is 11.2. The predicted octanol–water partition coefficient (Wildman–Crippen LogP) is 2.63. The third kappa shape index (κ3) is 7.38. The monoisotopic (exact) mass is 354 g/mol. The van der Waals surface area contributed by atoms with Gasteiger partial charge in [-0.05, 0) is 24.7 Å². The van der Waals surface area contributed by atoms with E-state index < -0.39 is 11.9 Å². The second-order valence-electron chi connectivity index (χ2n) is 4.44. The molecule has 0 spiro atoms. The van der Waals surface area contributed by atoms with Crippen LogP contribution in [0.15, 0.2) is 36.9 Å². The third-order valence-electron chi connectivity index (χ3n) is 2.91. The first-order valence-electron chi connectivity index (χ1n) is 7.23. The van der Waals surface area contributed by atoms with E-state index in [9.17, 15) is 14.4 Å². The first-order valence-corrected chi connectivity index (χ1v) is 8.05. The van der Waals surface area contributed by atoms with Crippen LogP contribution in [0.1, 0.15) is 34.1 Å². The molecule has 0 N–H and O–H groups in total. The number of hydrogen-bond acceptors (Lipinski definition) is 6. The minimum atomic E-state index is -0.550. The number of carbonyl (C=O) groups is 3. The van der Waals surface area contributed by atoms with Gasteiger partial charge < -0.3 is 14.2 Å². The smallest absolute Gasteiger partial charge is 0.338 e. The number of ether oxygens (including phenoxy) is 3. The molecule has 0 aromatic heterocycles. The Balaban J connectivity index is 0.000000470. The van der Waals surface area contributed by atoms with Gasteiger partial charge in [0.25, 0.3) is 0 Å². The number of carbonyl (C=O) groups excluding carboxylic acids is 3. The van der Waals surface area contributed by atoms with Crippen molar-refractivity contribution in [2.75, 3.05) is 20.4 Å². The molecule has 0 heterocycles. The Morgan fingerprint density at radius 1 is 1.12 bits per heavy atom. The van der Waals surface area contributed by atoms with Gasteiger partial charge in [-0.2, -0.15) is 0 Å². The molecule has 0 radical (unpaired) electrons. The SMILES string of the molecule is C=CC(=O)OC(CC)CP.COC(=O)c1ccccc1C(=O)OC. The zero-order chi connectivity index (χ0) is 18.5. The normalized spacial score (nSPS) is 10.5. The van der Waals surface area contributed by atoms with Gasteiger partial charge in [-0.25, -0.2) is 14.4 Å². The summed E-state index contributed by atoms with van der Waals surface area (Å²) in [5.41, 5.74) is 0.420. The Hall–Kier alpha value is -2.20. The average molecular weight is 354 g/mol. The summed E-state index contributed by atoms with van der Waals surface area (Å²) in [6, 6.07) is 6.33. The Morgan fingerprint density at radius 2 is 1.58 bits per heavy atom. The average Bonchev–Trinajstić information content (AvgIpc) is 2.64. The maximum Gasteiger partial charge on any atom is 0.338 e. The first kappa shape index (κ1) is 21.8. The fourth-order valence-corrected chi connectivity index (χ4v) is 2.00. The van der Waals surface area contributed by atoms with E-state index in [4.69, 9.17) is 4.74 Å². The van der Waals surface area contributed by atoms with Crippen LogP contribution in [0.5, 0.6) is 0 Å². The molecule has 1 aromatic carbocycles. The van der Waals surface area contributed by atoms with Crippen molar-refractivity contribution < 1.29 is 28.6 Å². The summed E-state index contributed by atoms with van der Waals surface area (Å²) in [4.78, 5) is 33.0. The number of esters is 3. The van der Waals surface area contributed by atoms with Crippen molar-refractivity contribution in [2.45, 2.75) is 19.4 Å². The van der Waals surface area contributed by atoms with Crippen LogP contribution in [-0.2, 0) is 19.0 Å². The van der Waals surface area contributed by atoms with E-state index in [0.29, 0.717) is 0 Å². The lowest BCUT2D eigenvalue weighted by Gasteiger charge is -2.11. The third-order valence-corrected chi connectivity index (χ3v) is 3.43. The fourth-order valence-electron chi connectivity index (χ4n) is 1.57. The molecule has 0 amide bonds. The van der Waals surface area contributed by atoms with Crippen molar-refractivity contribution >= 4 is 27.1 Å². The van der Waals surface area contributed by atoms with Crippen LogP contribution in [-0.4, -0.2) is 44.4 Å². The summed E-state index contributed by atoms with van der Waals surface area (Å²) in [5.74, 6) is -1.44. The lowest BCUT2D eigenvalue weighted by molar-refractivity contribution is -0.142. The van der Waals surface area contributed by atoms with Gasteiger partial charge >= 0.3 is 17.9 Å². The van der Waals surface area contributed by atoms with Crippen LogP contribution in [0.4, 0.5) is 0 Å². The lowest BCUT2D eigenvalue weighted by atomic mass is 10.1. The van der Waals surface area contributed by atoms with Crippen molar-refractivity contribution in [2.24, 2.45) is 0 Å². The van der Waals surface area contributed by atoms with Crippen molar-refractivity contribution in [3.05, 3.63) is 48.0 Å². The second-order valence-corrected chi connectivity index (χ2v) is 4.91. The molecule has 1 rings (SSSR count). The molecule has 0 fully saturated rings. The quantitative estimate of drug-likeness (QED) is 0.338. The van der Waals surface area contributed by atoms with E-state index in [2.05, 4.69) is 25.3 Å². The highest BCUT2D eigenvalue weighted by Gasteiger charge is 2.16. The van der Waals surface area contributed by atoms with Crippen LogP contribution in [0.2, 0.25) is 0 Å². The first-order chi connectivity index (χ1) is 11.4. The highest BCUT2D eigenvalue weighted by atomic mass is 31.0. The van der Waals surface area contributed by atoms with E-state index in [-0.39, 0.29) is 23.2 Å². The molecule has 0 aliphatic heterocycles. The summed E-state index contributed by atoms with van der Waals surface area (Å²) in [6.45, 7) is 5.28. The highest BCUT2D eigenvalue weighted by molar-refractivity contribution is 7.16. The molecule has 0 aliphatic carbocycles. The molecular formula is C17H23O6P. The van der Waals surface area contributed by atoms with Crippen LogP contribution in [0.3, 0.4) is 0 Å². The zero-order valence-corrected chi connectivity index (χ0v) is 15.3. The molecule has 0 bridgehead atoms. The highest BCUT2D eigenvalue weighted by Crippen LogP contribution is 2.10. The second kappa shape index (κ2) is 12.3. The van der Waals surface area contributed by atoms with Crippen LogP contribution in [0.25, 0.3) is 0 Å². The molecule has 7 heteroatoms. The molecule has 24 heavy (non-hydrogen) atoms. The molecule has 2 unspecified atom stereocenters. The number of methoxy groups -OCH3 is 2. The summed E-state index contributed by atoms with van der Waals surface area (Å²) in [5, 5.41) is 0. The molecule has 0 saturated heterocycles. The van der Waals surface area contributed by atoms with Gasteiger partial charge in [0.05, 0.1) is 25.3 Å². The molecule has 2 atom stereocenters. The van der Waals surface area contributed by atoms with E-state index in [1.165, 1.54) is 32.4 Å². The maximum atomic E-state index is 11.2. The largest absolute Gasteiger partial charge is 0.465 e. The van der Waals surface area contributed by atoms with E-state index in [1.807, 2.05) is 6.92 Å².